The van der Waals surface area contributed by atoms with E-state index in [0.717, 1.165) is 32.6 Å². The Morgan fingerprint density at radius 3 is 2.92 bits per heavy atom. The van der Waals surface area contributed by atoms with E-state index < -0.39 is 0 Å². The van der Waals surface area contributed by atoms with Crippen molar-refractivity contribution in [1.82, 2.24) is 4.90 Å². The Morgan fingerprint density at radius 2 is 2.32 bits per heavy atom. The van der Waals surface area contributed by atoms with Crippen molar-refractivity contribution < 1.29 is 14.8 Å². The summed E-state index contributed by atoms with van der Waals surface area (Å²) < 4.78 is 5.93. The molecule has 7 heteroatoms. The lowest BCUT2D eigenvalue weighted by atomic mass is 10.2. The van der Waals surface area contributed by atoms with Crippen LogP contribution in [-0.2, 0) is 9.53 Å². The van der Waals surface area contributed by atoms with E-state index >= 15 is 0 Å². The Kier molecular flexibility index (Phi) is 5.30. The van der Waals surface area contributed by atoms with Gasteiger partial charge in [0.05, 0.1) is 19.7 Å². The molecule has 6 nitrogen and oxygen atoms in total. The van der Waals surface area contributed by atoms with Gasteiger partial charge in [0.2, 0.25) is 5.76 Å². The highest BCUT2D eigenvalue weighted by molar-refractivity contribution is 6.31. The number of ether oxygens (including phenoxy) is 1. The van der Waals surface area contributed by atoms with E-state index in [9.17, 15) is 4.79 Å². The number of hydrogen-bond donors (Lipinski definition) is 3. The van der Waals surface area contributed by atoms with Gasteiger partial charge in [0, 0.05) is 22.3 Å². The summed E-state index contributed by atoms with van der Waals surface area (Å²) in [5.41, 5.74) is 1.28. The van der Waals surface area contributed by atoms with Crippen LogP contribution in [0.1, 0.15) is 19.8 Å². The predicted octanol–water partition coefficient (Wildman–Crippen LogP) is 1.79. The van der Waals surface area contributed by atoms with Crippen molar-refractivity contribution in [2.75, 3.05) is 31.7 Å². The molecule has 1 aliphatic heterocycles. The monoisotopic (exact) mass is 363 g/mol. The van der Waals surface area contributed by atoms with Crippen molar-refractivity contribution in [2.45, 2.75) is 19.8 Å². The molecule has 0 aromatic heterocycles. The minimum atomic E-state index is -0.350. The Hall–Kier alpha value is -2.05. The van der Waals surface area contributed by atoms with Gasteiger partial charge in [-0.15, -0.1) is 0 Å². The van der Waals surface area contributed by atoms with Gasteiger partial charge < -0.3 is 25.7 Å². The number of amides is 1. The standard InChI is InChI=1S/C18H23ClN4O2/c1-18(5-6-18)11-25-16(15(10-20)23-8-7-21-12-23)17(24)22-14-4-2-3-13(19)9-14/h2-4,9-10,20-21H,5-8,11-12H2,1H3,(H,22,24)/p+1. The third-order valence-electron chi connectivity index (χ3n) is 4.62. The van der Waals surface area contributed by atoms with E-state index in [4.69, 9.17) is 21.7 Å². The molecule has 1 aromatic carbocycles. The average Bonchev–Trinajstić information content (AvgIpc) is 3.09. The molecule has 0 atom stereocenters. The zero-order chi connectivity index (χ0) is 17.9. The van der Waals surface area contributed by atoms with E-state index in [1.807, 2.05) is 4.90 Å². The zero-order valence-corrected chi connectivity index (χ0v) is 15.1. The first-order valence-electron chi connectivity index (χ1n) is 8.52. The van der Waals surface area contributed by atoms with Crippen molar-refractivity contribution in [3.63, 3.8) is 0 Å². The quantitative estimate of drug-likeness (QED) is 0.392. The Balaban J connectivity index is 1.83. The van der Waals surface area contributed by atoms with Crippen LogP contribution >= 0.6 is 11.6 Å². The Bertz CT molecular complexity index is 694. The fraction of sp³-hybridized carbons (Fsp3) is 0.444. The molecule has 1 aromatic rings. The van der Waals surface area contributed by atoms with Crippen molar-refractivity contribution in [3.05, 3.63) is 40.7 Å². The number of quaternary nitrogens is 1. The number of allylic oxidation sites excluding steroid dienone is 1. The maximum atomic E-state index is 12.8. The highest BCUT2D eigenvalue weighted by Gasteiger charge is 2.39. The van der Waals surface area contributed by atoms with Crippen molar-refractivity contribution in [3.8, 4) is 0 Å². The number of hydrogen-bond acceptors (Lipinski definition) is 4. The number of halogens is 1. The van der Waals surface area contributed by atoms with Gasteiger partial charge in [-0.2, -0.15) is 0 Å². The molecule has 1 heterocycles. The van der Waals surface area contributed by atoms with Gasteiger partial charge >= 0.3 is 0 Å². The molecule has 1 aliphatic carbocycles. The normalized spacial score (nSPS) is 19.2. The fourth-order valence-corrected chi connectivity index (χ4v) is 2.91. The maximum absolute atomic E-state index is 12.8. The summed E-state index contributed by atoms with van der Waals surface area (Å²) in [6.07, 6.45) is 3.42. The van der Waals surface area contributed by atoms with Crippen LogP contribution in [0, 0.1) is 10.8 Å². The number of nitrogens with one attached hydrogen (secondary N) is 2. The van der Waals surface area contributed by atoms with Crippen molar-refractivity contribution in [1.29, 1.82) is 5.41 Å². The highest BCUT2D eigenvalue weighted by atomic mass is 35.5. The third kappa shape index (κ3) is 4.52. The number of benzene rings is 1. The van der Waals surface area contributed by atoms with Crippen LogP contribution in [0.5, 0.6) is 0 Å². The lowest BCUT2D eigenvalue weighted by Crippen LogP contribution is -2.82. The number of nitrogens with zero attached hydrogens (tertiary/aromatic N) is 1. The fourth-order valence-electron chi connectivity index (χ4n) is 2.72. The van der Waals surface area contributed by atoms with E-state index in [-0.39, 0.29) is 17.1 Å². The number of carbonyl (C=O) groups is 1. The van der Waals surface area contributed by atoms with Crippen LogP contribution in [0.4, 0.5) is 5.69 Å². The van der Waals surface area contributed by atoms with Crippen LogP contribution < -0.4 is 10.6 Å². The summed E-state index contributed by atoms with van der Waals surface area (Å²) in [4.78, 5) is 14.8. The van der Waals surface area contributed by atoms with Gasteiger partial charge in [-0.25, -0.2) is 0 Å². The second kappa shape index (κ2) is 7.45. The Labute approximate surface area is 152 Å². The summed E-state index contributed by atoms with van der Waals surface area (Å²) in [6.45, 7) is 5.09. The second-order valence-corrected chi connectivity index (χ2v) is 7.38. The molecule has 0 bridgehead atoms. The van der Waals surface area contributed by atoms with Gasteiger partial charge in [0.1, 0.15) is 5.70 Å². The van der Waals surface area contributed by atoms with E-state index in [2.05, 4.69) is 17.6 Å². The molecular weight excluding hydrogens is 340 g/mol. The minimum absolute atomic E-state index is 0.145. The van der Waals surface area contributed by atoms with Crippen molar-refractivity contribution >= 4 is 29.4 Å². The van der Waals surface area contributed by atoms with Gasteiger partial charge in [0.25, 0.3) is 5.91 Å². The first kappa shape index (κ1) is 17.8. The SMILES string of the molecule is CC1(COC(C(=O)Nc2cccc(Cl)c2)=C(C=N)N2CC[NH2+]C2)CC1. The van der Waals surface area contributed by atoms with Gasteiger partial charge in [-0.05, 0) is 31.0 Å². The van der Waals surface area contributed by atoms with E-state index in [1.165, 1.54) is 6.21 Å². The topological polar surface area (TPSA) is 82.0 Å². The molecule has 0 spiro atoms. The highest BCUT2D eigenvalue weighted by Crippen LogP contribution is 2.45. The summed E-state index contributed by atoms with van der Waals surface area (Å²) in [5.74, 6) is -0.143. The van der Waals surface area contributed by atoms with E-state index in [0.29, 0.717) is 23.0 Å². The summed E-state index contributed by atoms with van der Waals surface area (Å²) in [5, 5.41) is 13.3. The molecule has 4 N–H and O–H groups in total. The number of nitrogens with two attached hydrogens (primary N) is 1. The first-order chi connectivity index (χ1) is 12.0. The van der Waals surface area contributed by atoms with Crippen LogP contribution in [-0.4, -0.2) is 43.4 Å². The molecule has 1 amide bonds. The second-order valence-electron chi connectivity index (χ2n) is 6.95. The minimum Gasteiger partial charge on any atom is -0.486 e. The smallest absolute Gasteiger partial charge is 0.293 e. The molecule has 3 rings (SSSR count). The molecule has 0 unspecified atom stereocenters. The van der Waals surface area contributed by atoms with E-state index in [1.54, 1.807) is 24.3 Å². The van der Waals surface area contributed by atoms with Crippen LogP contribution in [0.2, 0.25) is 5.02 Å². The van der Waals surface area contributed by atoms with Crippen LogP contribution in [0.25, 0.3) is 0 Å². The summed E-state index contributed by atoms with van der Waals surface area (Å²) in [6, 6.07) is 6.99. The molecule has 134 valence electrons. The lowest BCUT2D eigenvalue weighted by Gasteiger charge is -2.21. The van der Waals surface area contributed by atoms with Crippen LogP contribution in [0.15, 0.2) is 35.7 Å². The first-order valence-corrected chi connectivity index (χ1v) is 8.90. The van der Waals surface area contributed by atoms with Crippen LogP contribution in [0.3, 0.4) is 0 Å². The molecule has 2 fully saturated rings. The molecule has 1 saturated heterocycles. The maximum Gasteiger partial charge on any atom is 0.293 e. The third-order valence-corrected chi connectivity index (χ3v) is 4.86. The van der Waals surface area contributed by atoms with Crippen molar-refractivity contribution in [2.24, 2.45) is 5.41 Å². The molecule has 1 saturated carbocycles. The van der Waals surface area contributed by atoms with Gasteiger partial charge in [-0.1, -0.05) is 24.6 Å². The zero-order valence-electron chi connectivity index (χ0n) is 14.3. The largest absolute Gasteiger partial charge is 0.486 e. The molecule has 25 heavy (non-hydrogen) atoms. The average molecular weight is 364 g/mol. The molecular formula is C18H24ClN4O2+. The number of carbonyl (C=O) groups excluding carboxylic acids is 1. The number of anilines is 1. The predicted molar refractivity (Wildman–Crippen MR) is 97.5 cm³/mol. The van der Waals surface area contributed by atoms with Gasteiger partial charge in [-0.3, -0.25) is 4.79 Å². The molecule has 0 radical (unpaired) electrons. The lowest BCUT2D eigenvalue weighted by molar-refractivity contribution is -0.642. The van der Waals surface area contributed by atoms with Gasteiger partial charge in [0.15, 0.2) is 6.67 Å². The summed E-state index contributed by atoms with van der Waals surface area (Å²) in [7, 11) is 0. The Morgan fingerprint density at radius 1 is 1.52 bits per heavy atom. The number of rotatable bonds is 7. The summed E-state index contributed by atoms with van der Waals surface area (Å²) >= 11 is 5.99. The molecule has 2 aliphatic rings.